The second-order valence-electron chi connectivity index (χ2n) is 5.10. The van der Waals surface area contributed by atoms with Gasteiger partial charge in [-0.1, -0.05) is 19.8 Å². The summed E-state index contributed by atoms with van der Waals surface area (Å²) in [5, 5.41) is 5.67. The van der Waals surface area contributed by atoms with Crippen LogP contribution < -0.4 is 10.6 Å². The predicted molar refractivity (Wildman–Crippen MR) is 83.1 cm³/mol. The van der Waals surface area contributed by atoms with Gasteiger partial charge in [-0.2, -0.15) is 0 Å². The first-order chi connectivity index (χ1) is 10.1. The van der Waals surface area contributed by atoms with E-state index in [4.69, 9.17) is 0 Å². The minimum Gasteiger partial charge on any atom is -0.356 e. The number of aryl methyl sites for hydroxylation is 1. The van der Waals surface area contributed by atoms with Crippen molar-refractivity contribution >= 4 is 11.8 Å². The lowest BCUT2D eigenvalue weighted by atomic mass is 10.2. The Kier molecular flexibility index (Phi) is 8.09. The number of carbonyl (C=O) groups is 2. The van der Waals surface area contributed by atoms with Crippen molar-refractivity contribution < 1.29 is 9.59 Å². The Morgan fingerprint density at radius 3 is 2.52 bits per heavy atom. The van der Waals surface area contributed by atoms with Crippen LogP contribution in [-0.2, 0) is 4.79 Å². The summed E-state index contributed by atoms with van der Waals surface area (Å²) in [4.78, 5) is 27.3. The molecule has 0 saturated heterocycles. The van der Waals surface area contributed by atoms with Crippen molar-refractivity contribution in [2.24, 2.45) is 0 Å². The van der Waals surface area contributed by atoms with E-state index >= 15 is 0 Å². The number of amides is 2. The van der Waals surface area contributed by atoms with Gasteiger partial charge < -0.3 is 10.6 Å². The van der Waals surface area contributed by atoms with E-state index in [1.807, 2.05) is 13.0 Å². The molecule has 116 valence electrons. The molecule has 1 aromatic rings. The Hall–Kier alpha value is -1.91. The number of unbranched alkanes of at least 4 members (excludes halogenated alkanes) is 2. The lowest BCUT2D eigenvalue weighted by Crippen LogP contribution is -2.29. The molecule has 1 heterocycles. The minimum absolute atomic E-state index is 0.0949. The van der Waals surface area contributed by atoms with Crippen LogP contribution in [0.4, 0.5) is 0 Å². The molecule has 0 fully saturated rings. The summed E-state index contributed by atoms with van der Waals surface area (Å²) in [6.07, 6.45) is 6.04. The Balaban J connectivity index is 2.10. The predicted octanol–water partition coefficient (Wildman–Crippen LogP) is 2.21. The molecule has 1 rings (SSSR count). The van der Waals surface area contributed by atoms with Gasteiger partial charge in [0.2, 0.25) is 5.91 Å². The monoisotopic (exact) mass is 291 g/mol. The summed E-state index contributed by atoms with van der Waals surface area (Å²) in [5.74, 6) is -0.0331. The van der Waals surface area contributed by atoms with Crippen LogP contribution in [0.3, 0.4) is 0 Å². The fourth-order valence-corrected chi connectivity index (χ4v) is 1.85. The van der Waals surface area contributed by atoms with Crippen molar-refractivity contribution in [2.45, 2.75) is 46.0 Å². The Labute approximate surface area is 126 Å². The first-order valence-electron chi connectivity index (χ1n) is 7.61. The van der Waals surface area contributed by atoms with Gasteiger partial charge in [0.1, 0.15) is 0 Å². The first kappa shape index (κ1) is 17.1. The average molecular weight is 291 g/mol. The van der Waals surface area contributed by atoms with Crippen molar-refractivity contribution in [3.63, 3.8) is 0 Å². The van der Waals surface area contributed by atoms with Crippen molar-refractivity contribution in [3.8, 4) is 0 Å². The van der Waals surface area contributed by atoms with E-state index in [9.17, 15) is 9.59 Å². The van der Waals surface area contributed by atoms with Crippen LogP contribution in [0.25, 0.3) is 0 Å². The van der Waals surface area contributed by atoms with Gasteiger partial charge in [0.05, 0.1) is 5.56 Å². The molecular weight excluding hydrogens is 266 g/mol. The molecule has 5 heteroatoms. The highest BCUT2D eigenvalue weighted by Gasteiger charge is 2.05. The molecule has 0 aliphatic rings. The standard InChI is InChI=1S/C16H25N3O2/c1-3-4-5-7-15(20)17-10-6-11-18-16(21)14-9-8-13(2)19-12-14/h8-9,12H,3-7,10-11H2,1-2H3,(H,17,20)(H,18,21). The number of hydrogen-bond donors (Lipinski definition) is 2. The third kappa shape index (κ3) is 7.44. The van der Waals surface area contributed by atoms with Gasteiger partial charge >= 0.3 is 0 Å². The maximum absolute atomic E-state index is 11.8. The molecule has 0 unspecified atom stereocenters. The van der Waals surface area contributed by atoms with E-state index in [2.05, 4.69) is 22.5 Å². The average Bonchev–Trinajstić information content (AvgIpc) is 2.47. The summed E-state index contributed by atoms with van der Waals surface area (Å²) in [6.45, 7) is 5.13. The highest BCUT2D eigenvalue weighted by atomic mass is 16.2. The van der Waals surface area contributed by atoms with Crippen LogP contribution in [0, 0.1) is 6.92 Å². The van der Waals surface area contributed by atoms with Crippen LogP contribution in [0.5, 0.6) is 0 Å². The zero-order valence-corrected chi connectivity index (χ0v) is 12.9. The first-order valence-corrected chi connectivity index (χ1v) is 7.61. The van der Waals surface area contributed by atoms with Crippen molar-refractivity contribution in [1.29, 1.82) is 0 Å². The number of pyridine rings is 1. The van der Waals surface area contributed by atoms with Gasteiger partial charge in [-0.05, 0) is 31.9 Å². The third-order valence-corrected chi connectivity index (χ3v) is 3.14. The molecular formula is C16H25N3O2. The molecule has 0 aliphatic carbocycles. The van der Waals surface area contributed by atoms with Gasteiger partial charge in [0.25, 0.3) is 5.91 Å². The second kappa shape index (κ2) is 9.91. The largest absolute Gasteiger partial charge is 0.356 e. The Morgan fingerprint density at radius 1 is 1.10 bits per heavy atom. The summed E-state index contributed by atoms with van der Waals surface area (Å²) < 4.78 is 0. The summed E-state index contributed by atoms with van der Waals surface area (Å²) in [5.41, 5.74) is 1.45. The van der Waals surface area contributed by atoms with E-state index in [0.29, 0.717) is 25.1 Å². The van der Waals surface area contributed by atoms with Gasteiger partial charge in [0.15, 0.2) is 0 Å². The molecule has 5 nitrogen and oxygen atoms in total. The number of aromatic nitrogens is 1. The van der Waals surface area contributed by atoms with Crippen LogP contribution in [-0.4, -0.2) is 29.9 Å². The van der Waals surface area contributed by atoms with Crippen molar-refractivity contribution in [1.82, 2.24) is 15.6 Å². The van der Waals surface area contributed by atoms with Gasteiger partial charge in [-0.15, -0.1) is 0 Å². The lowest BCUT2D eigenvalue weighted by Gasteiger charge is -2.07. The minimum atomic E-state index is -0.128. The summed E-state index contributed by atoms with van der Waals surface area (Å²) in [6, 6.07) is 3.57. The number of nitrogens with one attached hydrogen (secondary N) is 2. The van der Waals surface area contributed by atoms with Gasteiger partial charge in [-0.25, -0.2) is 0 Å². The molecule has 2 amide bonds. The van der Waals surface area contributed by atoms with Crippen molar-refractivity contribution in [2.75, 3.05) is 13.1 Å². The topological polar surface area (TPSA) is 71.1 Å². The number of nitrogens with zero attached hydrogens (tertiary/aromatic N) is 1. The summed E-state index contributed by atoms with van der Waals surface area (Å²) >= 11 is 0. The maximum atomic E-state index is 11.8. The van der Waals surface area contributed by atoms with E-state index < -0.39 is 0 Å². The second-order valence-corrected chi connectivity index (χ2v) is 5.10. The molecule has 0 bridgehead atoms. The normalized spacial score (nSPS) is 10.2. The van der Waals surface area contributed by atoms with Gasteiger partial charge in [-0.3, -0.25) is 14.6 Å². The Bertz CT molecular complexity index is 443. The van der Waals surface area contributed by atoms with E-state index in [0.717, 1.165) is 31.4 Å². The van der Waals surface area contributed by atoms with E-state index in [1.165, 1.54) is 0 Å². The SMILES string of the molecule is CCCCCC(=O)NCCCNC(=O)c1ccc(C)nc1. The molecule has 1 aromatic heterocycles. The maximum Gasteiger partial charge on any atom is 0.252 e. The molecule has 0 aliphatic heterocycles. The Morgan fingerprint density at radius 2 is 1.86 bits per heavy atom. The van der Waals surface area contributed by atoms with Crippen LogP contribution in [0.2, 0.25) is 0 Å². The molecule has 0 atom stereocenters. The zero-order chi connectivity index (χ0) is 15.5. The number of rotatable bonds is 9. The molecule has 0 spiro atoms. The molecule has 0 aromatic carbocycles. The fraction of sp³-hybridized carbons (Fsp3) is 0.562. The van der Waals surface area contributed by atoms with E-state index in [-0.39, 0.29) is 11.8 Å². The lowest BCUT2D eigenvalue weighted by molar-refractivity contribution is -0.121. The third-order valence-electron chi connectivity index (χ3n) is 3.14. The zero-order valence-electron chi connectivity index (χ0n) is 12.9. The molecule has 0 saturated carbocycles. The van der Waals surface area contributed by atoms with Gasteiger partial charge in [0, 0.05) is 31.4 Å². The number of hydrogen-bond acceptors (Lipinski definition) is 3. The van der Waals surface area contributed by atoms with Crippen LogP contribution in [0.15, 0.2) is 18.3 Å². The smallest absolute Gasteiger partial charge is 0.252 e. The van der Waals surface area contributed by atoms with Crippen molar-refractivity contribution in [3.05, 3.63) is 29.6 Å². The van der Waals surface area contributed by atoms with Crippen LogP contribution >= 0.6 is 0 Å². The molecule has 21 heavy (non-hydrogen) atoms. The quantitative estimate of drug-likeness (QED) is 0.685. The molecule has 0 radical (unpaired) electrons. The highest BCUT2D eigenvalue weighted by Crippen LogP contribution is 1.99. The molecule has 2 N–H and O–H groups in total. The van der Waals surface area contributed by atoms with E-state index in [1.54, 1.807) is 12.3 Å². The highest BCUT2D eigenvalue weighted by molar-refractivity contribution is 5.93. The fourth-order valence-electron chi connectivity index (χ4n) is 1.85. The van der Waals surface area contributed by atoms with Crippen LogP contribution in [0.1, 0.15) is 55.1 Å². The number of carbonyl (C=O) groups excluding carboxylic acids is 2. The summed E-state index contributed by atoms with van der Waals surface area (Å²) in [7, 11) is 0.